The van der Waals surface area contributed by atoms with Crippen LogP contribution in [0.2, 0.25) is 0 Å². The van der Waals surface area contributed by atoms with Gasteiger partial charge in [0.05, 0.1) is 7.11 Å². The summed E-state index contributed by atoms with van der Waals surface area (Å²) in [4.78, 5) is 11.0. The van der Waals surface area contributed by atoms with Crippen LogP contribution in [0.5, 0.6) is 11.5 Å². The van der Waals surface area contributed by atoms with Gasteiger partial charge in [-0.2, -0.15) is 0 Å². The van der Waals surface area contributed by atoms with Gasteiger partial charge in [0, 0.05) is 17.5 Å². The molecule has 0 unspecified atom stereocenters. The Balaban J connectivity index is 2.02. The van der Waals surface area contributed by atoms with Crippen molar-refractivity contribution in [1.82, 2.24) is 0 Å². The highest BCUT2D eigenvalue weighted by molar-refractivity contribution is 5.83. The molecule has 2 aromatic rings. The summed E-state index contributed by atoms with van der Waals surface area (Å²) in [5, 5.41) is 3.23. The fourth-order valence-electron chi connectivity index (χ4n) is 1.61. The van der Waals surface area contributed by atoms with Crippen LogP contribution < -0.4 is 14.8 Å². The lowest BCUT2D eigenvalue weighted by Crippen LogP contribution is -2.02. The molecule has 0 aliphatic rings. The molecule has 102 valence electrons. The maximum atomic E-state index is 11.0. The molecule has 1 N–H and O–H groups in total. The molecule has 0 saturated carbocycles. The van der Waals surface area contributed by atoms with Crippen LogP contribution in [-0.4, -0.2) is 13.1 Å². The Kier molecular flexibility index (Phi) is 4.39. The molecule has 0 saturated heterocycles. The van der Waals surface area contributed by atoms with Crippen LogP contribution in [0, 0.1) is 0 Å². The summed E-state index contributed by atoms with van der Waals surface area (Å²) in [6.07, 6.45) is 1.13. The van der Waals surface area contributed by atoms with E-state index < -0.39 is 5.97 Å². The molecule has 0 aliphatic carbocycles. The fraction of sp³-hybridized carbons (Fsp3) is 0.0625. The van der Waals surface area contributed by atoms with E-state index in [1.807, 2.05) is 36.4 Å². The number of benzene rings is 2. The topological polar surface area (TPSA) is 47.6 Å². The molecule has 0 heterocycles. The largest absolute Gasteiger partial charge is 0.497 e. The van der Waals surface area contributed by atoms with E-state index in [1.54, 1.807) is 19.2 Å². The van der Waals surface area contributed by atoms with Crippen molar-refractivity contribution >= 4 is 17.3 Å². The van der Waals surface area contributed by atoms with Crippen LogP contribution >= 0.6 is 0 Å². The van der Waals surface area contributed by atoms with E-state index in [0.717, 1.165) is 23.2 Å². The number of hydrogen-bond acceptors (Lipinski definition) is 4. The van der Waals surface area contributed by atoms with E-state index in [9.17, 15) is 4.79 Å². The molecule has 0 fully saturated rings. The number of hydrogen-bond donors (Lipinski definition) is 1. The molecular formula is C16H15NO3. The number of rotatable bonds is 5. The highest BCUT2D eigenvalue weighted by Crippen LogP contribution is 2.22. The van der Waals surface area contributed by atoms with Crippen LogP contribution in [0.3, 0.4) is 0 Å². The van der Waals surface area contributed by atoms with Crippen molar-refractivity contribution in [2.24, 2.45) is 0 Å². The minimum absolute atomic E-state index is 0.471. The Morgan fingerprint density at radius 2 is 1.50 bits per heavy atom. The van der Waals surface area contributed by atoms with E-state index in [-0.39, 0.29) is 0 Å². The average Bonchev–Trinajstić information content (AvgIpc) is 2.50. The first-order chi connectivity index (χ1) is 9.71. The van der Waals surface area contributed by atoms with Gasteiger partial charge in [0.2, 0.25) is 0 Å². The maximum absolute atomic E-state index is 11.0. The van der Waals surface area contributed by atoms with Gasteiger partial charge in [-0.25, -0.2) is 4.79 Å². The van der Waals surface area contributed by atoms with Crippen LogP contribution in [0.25, 0.3) is 0 Å². The third-order valence-corrected chi connectivity index (χ3v) is 2.62. The predicted octanol–water partition coefficient (Wildman–Crippen LogP) is 3.53. The summed E-state index contributed by atoms with van der Waals surface area (Å²) in [5.74, 6) is 0.818. The van der Waals surface area contributed by atoms with Crippen LogP contribution in [0.15, 0.2) is 61.2 Å². The molecule has 0 aliphatic heterocycles. The minimum Gasteiger partial charge on any atom is -0.497 e. The van der Waals surface area contributed by atoms with Crippen LogP contribution in [0.4, 0.5) is 11.4 Å². The molecular weight excluding hydrogens is 254 g/mol. The zero-order valence-corrected chi connectivity index (χ0v) is 11.1. The highest BCUT2D eigenvalue weighted by Gasteiger charge is 2.00. The Morgan fingerprint density at radius 3 is 1.95 bits per heavy atom. The summed E-state index contributed by atoms with van der Waals surface area (Å²) in [6, 6.07) is 14.7. The first kappa shape index (κ1) is 13.7. The van der Waals surface area contributed by atoms with Crippen molar-refractivity contribution in [3.63, 3.8) is 0 Å². The van der Waals surface area contributed by atoms with E-state index in [2.05, 4.69) is 11.9 Å². The fourth-order valence-corrected chi connectivity index (χ4v) is 1.61. The molecule has 0 radical (unpaired) electrons. The summed E-state index contributed by atoms with van der Waals surface area (Å²) in [5.41, 5.74) is 1.84. The second-order valence-electron chi connectivity index (χ2n) is 4.00. The van der Waals surface area contributed by atoms with E-state index >= 15 is 0 Å². The third-order valence-electron chi connectivity index (χ3n) is 2.62. The monoisotopic (exact) mass is 269 g/mol. The summed E-state index contributed by atoms with van der Waals surface area (Å²) in [6.45, 7) is 3.35. The number of esters is 1. The van der Waals surface area contributed by atoms with Crippen molar-refractivity contribution in [2.45, 2.75) is 0 Å². The van der Waals surface area contributed by atoms with Gasteiger partial charge in [-0.15, -0.1) is 0 Å². The second-order valence-corrected chi connectivity index (χ2v) is 4.00. The molecule has 2 rings (SSSR count). The average molecular weight is 269 g/mol. The van der Waals surface area contributed by atoms with Crippen molar-refractivity contribution < 1.29 is 14.3 Å². The molecule has 2 aromatic carbocycles. The van der Waals surface area contributed by atoms with E-state index in [4.69, 9.17) is 9.47 Å². The van der Waals surface area contributed by atoms with Gasteiger partial charge in [0.15, 0.2) is 0 Å². The van der Waals surface area contributed by atoms with E-state index in [1.165, 1.54) is 0 Å². The van der Waals surface area contributed by atoms with Crippen LogP contribution in [-0.2, 0) is 4.79 Å². The first-order valence-electron chi connectivity index (χ1n) is 6.06. The molecule has 0 bridgehead atoms. The van der Waals surface area contributed by atoms with Crippen molar-refractivity contribution in [2.75, 3.05) is 12.4 Å². The molecule has 4 nitrogen and oxygen atoms in total. The first-order valence-corrected chi connectivity index (χ1v) is 6.06. The zero-order valence-electron chi connectivity index (χ0n) is 11.1. The van der Waals surface area contributed by atoms with E-state index in [0.29, 0.717) is 5.75 Å². The lowest BCUT2D eigenvalue weighted by Gasteiger charge is -2.08. The Labute approximate surface area is 117 Å². The van der Waals surface area contributed by atoms with Gasteiger partial charge in [-0.1, -0.05) is 6.58 Å². The van der Waals surface area contributed by atoms with Crippen molar-refractivity contribution in [1.29, 1.82) is 0 Å². The second kappa shape index (κ2) is 6.43. The number of anilines is 2. The molecule has 4 heteroatoms. The Hall–Kier alpha value is -2.75. The molecule has 0 amide bonds. The number of nitrogens with one attached hydrogen (secondary N) is 1. The summed E-state index contributed by atoms with van der Waals surface area (Å²) in [7, 11) is 1.63. The number of methoxy groups -OCH3 is 1. The smallest absolute Gasteiger partial charge is 0.335 e. The predicted molar refractivity (Wildman–Crippen MR) is 78.6 cm³/mol. The number of carbonyl (C=O) groups is 1. The number of carbonyl (C=O) groups excluding carboxylic acids is 1. The van der Waals surface area contributed by atoms with Gasteiger partial charge < -0.3 is 14.8 Å². The van der Waals surface area contributed by atoms with Gasteiger partial charge in [-0.05, 0) is 48.5 Å². The maximum Gasteiger partial charge on any atom is 0.335 e. The summed E-state index contributed by atoms with van der Waals surface area (Å²) < 4.78 is 10.1. The van der Waals surface area contributed by atoms with Crippen LogP contribution in [0.1, 0.15) is 0 Å². The number of ether oxygens (including phenoxy) is 2. The van der Waals surface area contributed by atoms with Gasteiger partial charge in [0.1, 0.15) is 11.5 Å². The molecule has 0 spiro atoms. The van der Waals surface area contributed by atoms with Crippen molar-refractivity contribution in [3.05, 3.63) is 61.2 Å². The SMILES string of the molecule is C=CC(=O)Oc1ccc(Nc2ccc(OC)cc2)cc1. The molecule has 0 aromatic heterocycles. The Bertz CT molecular complexity index is 588. The minimum atomic E-state index is -0.471. The standard InChI is InChI=1S/C16H15NO3/c1-3-16(18)20-15-10-6-13(7-11-15)17-12-4-8-14(19-2)9-5-12/h3-11,17H,1H2,2H3. The lowest BCUT2D eigenvalue weighted by molar-refractivity contribution is -0.128. The third kappa shape index (κ3) is 3.62. The van der Waals surface area contributed by atoms with Crippen molar-refractivity contribution in [3.8, 4) is 11.5 Å². The quantitative estimate of drug-likeness (QED) is 0.512. The van der Waals surface area contributed by atoms with Gasteiger partial charge in [0.25, 0.3) is 0 Å². The van der Waals surface area contributed by atoms with Gasteiger partial charge >= 0.3 is 5.97 Å². The Morgan fingerprint density at radius 1 is 1.00 bits per heavy atom. The summed E-state index contributed by atoms with van der Waals surface area (Å²) >= 11 is 0. The zero-order chi connectivity index (χ0) is 14.4. The lowest BCUT2D eigenvalue weighted by atomic mass is 10.2. The highest BCUT2D eigenvalue weighted by atomic mass is 16.5. The van der Waals surface area contributed by atoms with Gasteiger partial charge in [-0.3, -0.25) is 0 Å². The molecule has 0 atom stereocenters. The normalized spacial score (nSPS) is 9.65. The molecule has 20 heavy (non-hydrogen) atoms.